The van der Waals surface area contributed by atoms with Crippen molar-refractivity contribution >= 4 is 22.6 Å². The van der Waals surface area contributed by atoms with E-state index in [0.717, 1.165) is 22.3 Å². The van der Waals surface area contributed by atoms with Gasteiger partial charge in [-0.05, 0) is 62.4 Å². The van der Waals surface area contributed by atoms with Crippen LogP contribution in [-0.4, -0.2) is 29.1 Å². The molecule has 25 heavy (non-hydrogen) atoms. The number of aromatic nitrogens is 1. The van der Waals surface area contributed by atoms with Gasteiger partial charge in [0, 0.05) is 24.0 Å². The van der Waals surface area contributed by atoms with Gasteiger partial charge in [0.05, 0.1) is 22.5 Å². The first-order valence-corrected chi connectivity index (χ1v) is 8.03. The molecule has 0 bridgehead atoms. The van der Waals surface area contributed by atoms with Crippen molar-refractivity contribution in [1.29, 1.82) is 0 Å². The largest absolute Gasteiger partial charge is 0.478 e. The summed E-state index contributed by atoms with van der Waals surface area (Å²) in [4.78, 5) is 18.0. The SMILES string of the molecule is CC(C)N(C)c1cc2cc(C(=O)O)ccc2nc1-c1ccc(F)cc1. The zero-order chi connectivity index (χ0) is 18.1. The molecule has 0 aliphatic heterocycles. The Bertz CT molecular complexity index is 936. The number of carbonyl (C=O) groups is 1. The number of nitrogens with zero attached hydrogens (tertiary/aromatic N) is 2. The molecule has 0 aliphatic rings. The van der Waals surface area contributed by atoms with Gasteiger partial charge >= 0.3 is 5.97 Å². The lowest BCUT2D eigenvalue weighted by Crippen LogP contribution is -2.26. The number of halogens is 1. The van der Waals surface area contributed by atoms with Gasteiger partial charge in [-0.2, -0.15) is 0 Å². The summed E-state index contributed by atoms with van der Waals surface area (Å²) in [6.07, 6.45) is 0. The number of carboxylic acid groups (broad SMARTS) is 1. The number of hydrogen-bond donors (Lipinski definition) is 1. The Balaban J connectivity index is 2.26. The molecule has 3 aromatic rings. The first-order valence-electron chi connectivity index (χ1n) is 8.03. The number of fused-ring (bicyclic) bond motifs is 1. The highest BCUT2D eigenvalue weighted by Gasteiger charge is 2.16. The zero-order valence-corrected chi connectivity index (χ0v) is 14.3. The lowest BCUT2D eigenvalue weighted by molar-refractivity contribution is 0.0697. The molecule has 0 radical (unpaired) electrons. The molecule has 0 unspecified atom stereocenters. The van der Waals surface area contributed by atoms with E-state index in [2.05, 4.69) is 18.7 Å². The van der Waals surface area contributed by atoms with Crippen molar-refractivity contribution in [2.75, 3.05) is 11.9 Å². The number of aromatic carboxylic acids is 1. The van der Waals surface area contributed by atoms with E-state index in [1.807, 2.05) is 13.1 Å². The first-order chi connectivity index (χ1) is 11.9. The Kier molecular flexibility index (Phi) is 4.40. The third-order valence-electron chi connectivity index (χ3n) is 4.31. The Hall–Kier alpha value is -2.95. The number of hydrogen-bond acceptors (Lipinski definition) is 3. The highest BCUT2D eigenvalue weighted by Crippen LogP contribution is 2.33. The highest BCUT2D eigenvalue weighted by molar-refractivity contribution is 5.96. The number of rotatable bonds is 4. The summed E-state index contributed by atoms with van der Waals surface area (Å²) in [5.74, 6) is -1.27. The molecule has 1 N–H and O–H groups in total. The second-order valence-corrected chi connectivity index (χ2v) is 6.28. The van der Waals surface area contributed by atoms with Gasteiger partial charge in [0.1, 0.15) is 5.82 Å². The second kappa shape index (κ2) is 6.51. The molecule has 0 saturated heterocycles. The molecule has 0 aliphatic carbocycles. The van der Waals surface area contributed by atoms with Crippen molar-refractivity contribution in [2.45, 2.75) is 19.9 Å². The summed E-state index contributed by atoms with van der Waals surface area (Å²) in [5, 5.41) is 9.96. The molecule has 1 heterocycles. The Morgan fingerprint density at radius 1 is 1.12 bits per heavy atom. The molecule has 0 amide bonds. The van der Waals surface area contributed by atoms with Crippen molar-refractivity contribution in [3.05, 3.63) is 59.9 Å². The molecular formula is C20H19FN2O2. The fourth-order valence-electron chi connectivity index (χ4n) is 2.67. The summed E-state index contributed by atoms with van der Waals surface area (Å²) in [6.45, 7) is 4.12. The third kappa shape index (κ3) is 3.31. The lowest BCUT2D eigenvalue weighted by Gasteiger charge is -2.26. The van der Waals surface area contributed by atoms with Gasteiger partial charge in [-0.3, -0.25) is 0 Å². The Morgan fingerprint density at radius 3 is 2.40 bits per heavy atom. The molecule has 5 heteroatoms. The van der Waals surface area contributed by atoms with Crippen LogP contribution in [0.4, 0.5) is 10.1 Å². The monoisotopic (exact) mass is 338 g/mol. The van der Waals surface area contributed by atoms with Gasteiger partial charge in [0.15, 0.2) is 0 Å². The van der Waals surface area contributed by atoms with Crippen LogP contribution in [-0.2, 0) is 0 Å². The molecule has 0 atom stereocenters. The van der Waals surface area contributed by atoms with E-state index in [9.17, 15) is 14.3 Å². The molecule has 4 nitrogen and oxygen atoms in total. The van der Waals surface area contributed by atoms with Crippen molar-refractivity contribution in [3.63, 3.8) is 0 Å². The molecule has 128 valence electrons. The van der Waals surface area contributed by atoms with E-state index in [-0.39, 0.29) is 17.4 Å². The third-order valence-corrected chi connectivity index (χ3v) is 4.31. The zero-order valence-electron chi connectivity index (χ0n) is 14.3. The van der Waals surface area contributed by atoms with Crippen molar-refractivity contribution in [1.82, 2.24) is 4.98 Å². The molecule has 0 spiro atoms. The van der Waals surface area contributed by atoms with Crippen LogP contribution in [0.3, 0.4) is 0 Å². The van der Waals surface area contributed by atoms with E-state index >= 15 is 0 Å². The van der Waals surface area contributed by atoms with E-state index in [1.54, 1.807) is 24.3 Å². The Labute approximate surface area is 145 Å². The predicted octanol–water partition coefficient (Wildman–Crippen LogP) is 4.58. The number of pyridine rings is 1. The van der Waals surface area contributed by atoms with Gasteiger partial charge in [-0.15, -0.1) is 0 Å². The van der Waals surface area contributed by atoms with Crippen LogP contribution in [0.15, 0.2) is 48.5 Å². The molecule has 3 rings (SSSR count). The second-order valence-electron chi connectivity index (χ2n) is 6.28. The predicted molar refractivity (Wildman–Crippen MR) is 97.6 cm³/mol. The van der Waals surface area contributed by atoms with E-state index < -0.39 is 5.97 Å². The number of benzene rings is 2. The summed E-state index contributed by atoms with van der Waals surface area (Å²) < 4.78 is 13.3. The maximum absolute atomic E-state index is 13.3. The standard InChI is InChI=1S/C20H19FN2O2/c1-12(2)23(3)18-11-15-10-14(20(24)25)6-9-17(15)22-19(18)13-4-7-16(21)8-5-13/h4-12H,1-3H3,(H,24,25). The van der Waals surface area contributed by atoms with Gasteiger partial charge in [-0.1, -0.05) is 0 Å². The fraction of sp³-hybridized carbons (Fsp3) is 0.200. The minimum Gasteiger partial charge on any atom is -0.478 e. The smallest absolute Gasteiger partial charge is 0.335 e. The van der Waals surface area contributed by atoms with Crippen LogP contribution in [0, 0.1) is 5.82 Å². The van der Waals surface area contributed by atoms with Gasteiger partial charge in [0.25, 0.3) is 0 Å². The summed E-state index contributed by atoms with van der Waals surface area (Å²) >= 11 is 0. The van der Waals surface area contributed by atoms with Crippen LogP contribution in [0.5, 0.6) is 0 Å². The van der Waals surface area contributed by atoms with Crippen LogP contribution >= 0.6 is 0 Å². The van der Waals surface area contributed by atoms with E-state index in [1.165, 1.54) is 18.2 Å². The topological polar surface area (TPSA) is 53.4 Å². The maximum Gasteiger partial charge on any atom is 0.335 e. The number of anilines is 1. The van der Waals surface area contributed by atoms with Crippen molar-refractivity contribution in [3.8, 4) is 11.3 Å². The molecule has 0 fully saturated rings. The Morgan fingerprint density at radius 2 is 1.80 bits per heavy atom. The minimum atomic E-state index is -0.969. The van der Waals surface area contributed by atoms with Crippen LogP contribution < -0.4 is 4.90 Å². The van der Waals surface area contributed by atoms with Crippen LogP contribution in [0.25, 0.3) is 22.2 Å². The normalized spacial score (nSPS) is 11.1. The molecule has 1 aromatic heterocycles. The highest BCUT2D eigenvalue weighted by atomic mass is 19.1. The van der Waals surface area contributed by atoms with Crippen molar-refractivity contribution in [2.24, 2.45) is 0 Å². The number of carboxylic acids is 1. The summed E-state index contributed by atoms with van der Waals surface area (Å²) in [7, 11) is 1.96. The van der Waals surface area contributed by atoms with E-state index in [4.69, 9.17) is 4.98 Å². The maximum atomic E-state index is 13.3. The molecule has 0 saturated carbocycles. The molecular weight excluding hydrogens is 319 g/mol. The fourth-order valence-corrected chi connectivity index (χ4v) is 2.67. The van der Waals surface area contributed by atoms with Crippen molar-refractivity contribution < 1.29 is 14.3 Å². The lowest BCUT2D eigenvalue weighted by atomic mass is 10.0. The van der Waals surface area contributed by atoms with Crippen LogP contribution in [0.1, 0.15) is 24.2 Å². The van der Waals surface area contributed by atoms with Gasteiger partial charge in [0.2, 0.25) is 0 Å². The van der Waals surface area contributed by atoms with Crippen LogP contribution in [0.2, 0.25) is 0 Å². The summed E-state index contributed by atoms with van der Waals surface area (Å²) in [5.41, 5.74) is 3.35. The average Bonchev–Trinajstić information content (AvgIpc) is 2.60. The van der Waals surface area contributed by atoms with Gasteiger partial charge in [-0.25, -0.2) is 14.2 Å². The first kappa shape index (κ1) is 16.9. The molecule has 2 aromatic carbocycles. The summed E-state index contributed by atoms with van der Waals surface area (Å²) in [6, 6.07) is 13.2. The van der Waals surface area contributed by atoms with Gasteiger partial charge < -0.3 is 10.0 Å². The quantitative estimate of drug-likeness (QED) is 0.756. The van der Waals surface area contributed by atoms with E-state index in [0.29, 0.717) is 5.52 Å². The minimum absolute atomic E-state index is 0.223. The average molecular weight is 338 g/mol.